The predicted molar refractivity (Wildman–Crippen MR) is 77.6 cm³/mol. The number of sulfonamides is 1. The van der Waals surface area contributed by atoms with E-state index in [1.807, 2.05) is 0 Å². The first-order valence-corrected chi connectivity index (χ1v) is 9.06. The molecule has 2 rings (SSSR count). The molecule has 0 amide bonds. The first kappa shape index (κ1) is 15.5. The van der Waals surface area contributed by atoms with Crippen molar-refractivity contribution in [3.63, 3.8) is 0 Å². The minimum atomic E-state index is -3.59. The minimum Gasteiger partial charge on any atom is -0.477 e. The minimum absolute atomic E-state index is 0.0388. The van der Waals surface area contributed by atoms with Crippen molar-refractivity contribution in [2.75, 3.05) is 6.54 Å². The van der Waals surface area contributed by atoms with Gasteiger partial charge in [-0.15, -0.1) is 11.3 Å². The van der Waals surface area contributed by atoms with Crippen LogP contribution in [-0.2, 0) is 10.0 Å². The Kier molecular flexibility index (Phi) is 4.82. The predicted octanol–water partition coefficient (Wildman–Crippen LogP) is 2.55. The Hall–Kier alpha value is -0.920. The van der Waals surface area contributed by atoms with Gasteiger partial charge < -0.3 is 5.11 Å². The van der Waals surface area contributed by atoms with Crippen molar-refractivity contribution in [1.29, 1.82) is 0 Å². The Labute approximate surface area is 123 Å². The number of aromatic carboxylic acids is 1. The number of nitrogens with one attached hydrogen (secondary N) is 1. The monoisotopic (exact) mass is 317 g/mol. The smallest absolute Gasteiger partial charge is 0.345 e. The molecule has 0 saturated heterocycles. The van der Waals surface area contributed by atoms with Crippen molar-refractivity contribution in [3.05, 3.63) is 16.3 Å². The molecule has 5 nitrogen and oxygen atoms in total. The van der Waals surface area contributed by atoms with E-state index in [1.165, 1.54) is 11.4 Å². The Morgan fingerprint density at radius 1 is 1.40 bits per heavy atom. The zero-order valence-corrected chi connectivity index (χ0v) is 13.0. The van der Waals surface area contributed by atoms with E-state index < -0.39 is 16.0 Å². The maximum absolute atomic E-state index is 12.1. The van der Waals surface area contributed by atoms with Gasteiger partial charge in [0.05, 0.1) is 4.90 Å². The molecule has 20 heavy (non-hydrogen) atoms. The summed E-state index contributed by atoms with van der Waals surface area (Å²) in [7, 11) is -3.59. The zero-order chi connectivity index (χ0) is 14.8. The van der Waals surface area contributed by atoms with E-state index in [1.54, 1.807) is 0 Å². The lowest BCUT2D eigenvalue weighted by atomic mass is 9.83. The maximum Gasteiger partial charge on any atom is 0.345 e. The lowest BCUT2D eigenvalue weighted by Gasteiger charge is -2.26. The maximum atomic E-state index is 12.1. The first-order valence-electron chi connectivity index (χ1n) is 6.70. The molecule has 7 heteroatoms. The third-order valence-electron chi connectivity index (χ3n) is 3.79. The van der Waals surface area contributed by atoms with Gasteiger partial charge in [0.2, 0.25) is 10.0 Å². The molecule has 1 saturated carbocycles. The third kappa shape index (κ3) is 3.80. The molecule has 0 aromatic carbocycles. The average Bonchev–Trinajstić information content (AvgIpc) is 2.89. The van der Waals surface area contributed by atoms with E-state index in [2.05, 4.69) is 11.6 Å². The van der Waals surface area contributed by atoms with Crippen molar-refractivity contribution in [2.45, 2.75) is 37.5 Å². The molecule has 0 unspecified atom stereocenters. The number of hydrogen-bond donors (Lipinski definition) is 2. The van der Waals surface area contributed by atoms with E-state index >= 15 is 0 Å². The summed E-state index contributed by atoms with van der Waals surface area (Å²) in [5, 5.41) is 10.2. The van der Waals surface area contributed by atoms with Crippen LogP contribution in [0.3, 0.4) is 0 Å². The van der Waals surface area contributed by atoms with Gasteiger partial charge in [-0.3, -0.25) is 0 Å². The van der Waals surface area contributed by atoms with Gasteiger partial charge in [-0.05, 0) is 30.7 Å². The summed E-state index contributed by atoms with van der Waals surface area (Å²) in [6, 6.07) is 1.21. The van der Waals surface area contributed by atoms with E-state index in [9.17, 15) is 13.2 Å². The zero-order valence-electron chi connectivity index (χ0n) is 11.3. The summed E-state index contributed by atoms with van der Waals surface area (Å²) < 4.78 is 26.8. The lowest BCUT2D eigenvalue weighted by molar-refractivity contribution is 0.0702. The van der Waals surface area contributed by atoms with Crippen LogP contribution < -0.4 is 4.72 Å². The molecule has 1 aliphatic carbocycles. The van der Waals surface area contributed by atoms with Crippen LogP contribution in [0.4, 0.5) is 0 Å². The average molecular weight is 317 g/mol. The molecule has 1 aromatic rings. The van der Waals surface area contributed by atoms with Crippen LogP contribution in [0.25, 0.3) is 0 Å². The van der Waals surface area contributed by atoms with Gasteiger partial charge in [0.15, 0.2) is 0 Å². The molecule has 1 aromatic heterocycles. The van der Waals surface area contributed by atoms with Crippen molar-refractivity contribution in [3.8, 4) is 0 Å². The standard InChI is InChI=1S/C13H19NO4S2/c1-9-2-4-10(5-3-9)7-14-20(17,18)11-6-12(13(15)16)19-8-11/h6,8-10,14H,2-5,7H2,1H3,(H,15,16). The molecule has 2 N–H and O–H groups in total. The molecule has 1 heterocycles. The molecular weight excluding hydrogens is 298 g/mol. The highest BCUT2D eigenvalue weighted by atomic mass is 32.2. The molecule has 0 spiro atoms. The molecule has 0 bridgehead atoms. The second-order valence-corrected chi connectivity index (χ2v) is 8.11. The highest BCUT2D eigenvalue weighted by Gasteiger charge is 2.22. The highest BCUT2D eigenvalue weighted by Crippen LogP contribution is 2.28. The first-order chi connectivity index (χ1) is 9.38. The van der Waals surface area contributed by atoms with Crippen LogP contribution >= 0.6 is 11.3 Å². The number of carbonyl (C=O) groups is 1. The van der Waals surface area contributed by atoms with E-state index in [0.29, 0.717) is 12.5 Å². The highest BCUT2D eigenvalue weighted by molar-refractivity contribution is 7.89. The van der Waals surface area contributed by atoms with Crippen molar-refractivity contribution in [2.24, 2.45) is 11.8 Å². The fourth-order valence-electron chi connectivity index (χ4n) is 2.42. The molecule has 0 aliphatic heterocycles. The van der Waals surface area contributed by atoms with Gasteiger partial charge in [0.1, 0.15) is 4.88 Å². The van der Waals surface area contributed by atoms with Crippen LogP contribution in [0.2, 0.25) is 0 Å². The fourth-order valence-corrected chi connectivity index (χ4v) is 4.64. The molecule has 0 radical (unpaired) electrons. The third-order valence-corrected chi connectivity index (χ3v) is 6.26. The molecule has 1 aliphatic rings. The van der Waals surface area contributed by atoms with E-state index in [0.717, 1.165) is 42.9 Å². The van der Waals surface area contributed by atoms with E-state index in [-0.39, 0.29) is 9.77 Å². The summed E-state index contributed by atoms with van der Waals surface area (Å²) in [5.41, 5.74) is 0. The quantitative estimate of drug-likeness (QED) is 0.874. The van der Waals surface area contributed by atoms with Crippen LogP contribution in [0.1, 0.15) is 42.3 Å². The SMILES string of the molecule is CC1CCC(CNS(=O)(=O)c2csc(C(=O)O)c2)CC1. The van der Waals surface area contributed by atoms with Crippen LogP contribution in [-0.4, -0.2) is 26.0 Å². The number of thiophene rings is 1. The van der Waals surface area contributed by atoms with Crippen molar-refractivity contribution >= 4 is 27.3 Å². The van der Waals surface area contributed by atoms with Crippen LogP contribution in [0, 0.1) is 11.8 Å². The number of hydrogen-bond acceptors (Lipinski definition) is 4. The summed E-state index contributed by atoms with van der Waals surface area (Å²) in [6.07, 6.45) is 4.39. The van der Waals surface area contributed by atoms with Crippen LogP contribution in [0.5, 0.6) is 0 Å². The Morgan fingerprint density at radius 3 is 2.60 bits per heavy atom. The molecule has 112 valence electrons. The molecule has 0 atom stereocenters. The largest absolute Gasteiger partial charge is 0.477 e. The second-order valence-electron chi connectivity index (χ2n) is 5.43. The topological polar surface area (TPSA) is 83.5 Å². The molecular formula is C13H19NO4S2. The number of carboxylic acid groups (broad SMARTS) is 1. The van der Waals surface area contributed by atoms with Gasteiger partial charge in [-0.25, -0.2) is 17.9 Å². The van der Waals surface area contributed by atoms with Gasteiger partial charge in [0.25, 0.3) is 0 Å². The molecule has 1 fully saturated rings. The number of rotatable bonds is 5. The van der Waals surface area contributed by atoms with Gasteiger partial charge >= 0.3 is 5.97 Å². The van der Waals surface area contributed by atoms with Crippen molar-refractivity contribution < 1.29 is 18.3 Å². The summed E-state index contributed by atoms with van der Waals surface area (Å²) in [6.45, 7) is 2.66. The number of carboxylic acids is 1. The Bertz CT molecular complexity index is 571. The van der Waals surface area contributed by atoms with Gasteiger partial charge in [-0.2, -0.15) is 0 Å². The Balaban J connectivity index is 1.95. The van der Waals surface area contributed by atoms with Gasteiger partial charge in [0, 0.05) is 11.9 Å². The van der Waals surface area contributed by atoms with E-state index in [4.69, 9.17) is 5.11 Å². The lowest BCUT2D eigenvalue weighted by Crippen LogP contribution is -2.31. The summed E-state index contributed by atoms with van der Waals surface area (Å²) in [4.78, 5) is 10.9. The van der Waals surface area contributed by atoms with Crippen LogP contribution in [0.15, 0.2) is 16.3 Å². The normalized spacial score (nSPS) is 23.6. The fraction of sp³-hybridized carbons (Fsp3) is 0.615. The second kappa shape index (κ2) is 6.24. The summed E-state index contributed by atoms with van der Waals surface area (Å²) in [5.74, 6) is 0.0223. The Morgan fingerprint density at radius 2 is 2.05 bits per heavy atom. The van der Waals surface area contributed by atoms with Crippen molar-refractivity contribution in [1.82, 2.24) is 4.72 Å². The summed E-state index contributed by atoms with van der Waals surface area (Å²) >= 11 is 0.928. The van der Waals surface area contributed by atoms with Gasteiger partial charge in [-0.1, -0.05) is 19.8 Å².